The van der Waals surface area contributed by atoms with Crippen molar-refractivity contribution in [2.24, 2.45) is 0 Å². The van der Waals surface area contributed by atoms with E-state index in [2.05, 4.69) is 26.8 Å². The number of nitrogens with one attached hydrogen (secondary N) is 1. The van der Waals surface area contributed by atoms with Gasteiger partial charge in [0, 0.05) is 18.1 Å². The van der Waals surface area contributed by atoms with E-state index in [0.29, 0.717) is 29.3 Å². The Balaban J connectivity index is 1.84. The average Bonchev–Trinajstić information content (AvgIpc) is 3.00. The molecule has 0 spiro atoms. The largest absolute Gasteiger partial charge is 0.392 e. The molecule has 0 atom stereocenters. The van der Waals surface area contributed by atoms with Gasteiger partial charge < -0.3 is 10.4 Å². The van der Waals surface area contributed by atoms with Gasteiger partial charge in [-0.3, -0.25) is 4.79 Å². The van der Waals surface area contributed by atoms with E-state index in [4.69, 9.17) is 0 Å². The minimum Gasteiger partial charge on any atom is -0.392 e. The van der Waals surface area contributed by atoms with Crippen molar-refractivity contribution in [3.05, 3.63) is 82.9 Å². The molecule has 0 aliphatic carbocycles. The topological polar surface area (TPSA) is 97.9 Å². The predicted molar refractivity (Wildman–Crippen MR) is 112 cm³/mol. The average molecular weight is 388 g/mol. The first-order valence-electron chi connectivity index (χ1n) is 9.10. The molecule has 8 nitrogen and oxygen atoms in total. The lowest BCUT2D eigenvalue weighted by atomic mass is 10.1. The van der Waals surface area contributed by atoms with Crippen molar-refractivity contribution in [1.82, 2.24) is 24.3 Å². The fourth-order valence-electron chi connectivity index (χ4n) is 3.17. The number of aliphatic hydroxyl groups is 1. The fourth-order valence-corrected chi connectivity index (χ4v) is 3.17. The Kier molecular flexibility index (Phi) is 4.92. The number of nitrogens with zero attached hydrogens (tertiary/aromatic N) is 5. The molecule has 146 valence electrons. The molecule has 0 bridgehead atoms. The van der Waals surface area contributed by atoms with Gasteiger partial charge in [0.25, 0.3) is 5.56 Å². The van der Waals surface area contributed by atoms with Gasteiger partial charge in [-0.15, -0.1) is 6.58 Å². The van der Waals surface area contributed by atoms with Crippen LogP contribution in [0.25, 0.3) is 16.9 Å². The highest BCUT2D eigenvalue weighted by Crippen LogP contribution is 2.20. The molecule has 0 unspecified atom stereocenters. The van der Waals surface area contributed by atoms with Crippen molar-refractivity contribution in [3.63, 3.8) is 0 Å². The third-order valence-electron chi connectivity index (χ3n) is 4.61. The molecule has 0 saturated carbocycles. The van der Waals surface area contributed by atoms with Crippen molar-refractivity contribution in [3.8, 4) is 5.82 Å². The number of hydrogen-bond acceptors (Lipinski definition) is 6. The maximum Gasteiger partial charge on any atom is 0.278 e. The second-order valence-corrected chi connectivity index (χ2v) is 6.53. The summed E-state index contributed by atoms with van der Waals surface area (Å²) in [5.41, 5.74) is 2.85. The molecule has 0 saturated heterocycles. The molecule has 0 aliphatic heterocycles. The normalized spacial score (nSPS) is 11.0. The van der Waals surface area contributed by atoms with Crippen molar-refractivity contribution < 1.29 is 5.11 Å². The van der Waals surface area contributed by atoms with Crippen molar-refractivity contribution in [2.75, 3.05) is 5.32 Å². The molecule has 2 N–H and O–H groups in total. The first-order valence-corrected chi connectivity index (χ1v) is 9.10. The lowest BCUT2D eigenvalue weighted by molar-refractivity contribution is 0.281. The van der Waals surface area contributed by atoms with E-state index >= 15 is 0 Å². The number of rotatable bonds is 6. The number of anilines is 2. The van der Waals surface area contributed by atoms with Gasteiger partial charge in [-0.05, 0) is 42.3 Å². The molecule has 3 aromatic heterocycles. The summed E-state index contributed by atoms with van der Waals surface area (Å²) in [7, 11) is 0. The summed E-state index contributed by atoms with van der Waals surface area (Å²) in [6.07, 6.45) is 4.83. The number of aromatic nitrogens is 5. The Morgan fingerprint density at radius 2 is 2.10 bits per heavy atom. The molecule has 4 rings (SSSR count). The van der Waals surface area contributed by atoms with Gasteiger partial charge in [0.1, 0.15) is 5.39 Å². The van der Waals surface area contributed by atoms with Crippen molar-refractivity contribution >= 4 is 22.7 Å². The van der Waals surface area contributed by atoms with Gasteiger partial charge >= 0.3 is 0 Å². The van der Waals surface area contributed by atoms with Gasteiger partial charge in [0.05, 0.1) is 13.2 Å². The summed E-state index contributed by atoms with van der Waals surface area (Å²) >= 11 is 0. The zero-order valence-electron chi connectivity index (χ0n) is 15.9. The highest BCUT2D eigenvalue weighted by Gasteiger charge is 2.17. The summed E-state index contributed by atoms with van der Waals surface area (Å²) in [6, 6.07) is 11.1. The molecule has 0 radical (unpaired) electrons. The van der Waals surface area contributed by atoms with Crippen LogP contribution < -0.4 is 10.9 Å². The van der Waals surface area contributed by atoms with Crippen LogP contribution in [0.5, 0.6) is 0 Å². The Hall–Kier alpha value is -3.78. The Morgan fingerprint density at radius 1 is 1.24 bits per heavy atom. The highest BCUT2D eigenvalue weighted by molar-refractivity contribution is 5.77. The first-order chi connectivity index (χ1) is 14.1. The molecule has 4 aromatic rings. The lowest BCUT2D eigenvalue weighted by Gasteiger charge is -2.10. The molecule has 8 heteroatoms. The van der Waals surface area contributed by atoms with Crippen LogP contribution in [0.2, 0.25) is 0 Å². The quantitative estimate of drug-likeness (QED) is 0.493. The maximum absolute atomic E-state index is 12.8. The molecule has 0 fully saturated rings. The molecular weight excluding hydrogens is 368 g/mol. The molecule has 0 aliphatic rings. The predicted octanol–water partition coefficient (Wildman–Crippen LogP) is 2.71. The number of hydrogen-bond donors (Lipinski definition) is 2. The summed E-state index contributed by atoms with van der Waals surface area (Å²) < 4.78 is 3.20. The number of aliphatic hydroxyl groups excluding tert-OH is 1. The lowest BCUT2D eigenvalue weighted by Crippen LogP contribution is -2.22. The van der Waals surface area contributed by atoms with Gasteiger partial charge in [0.15, 0.2) is 11.5 Å². The highest BCUT2D eigenvalue weighted by atomic mass is 16.3. The smallest absolute Gasteiger partial charge is 0.278 e. The van der Waals surface area contributed by atoms with Crippen LogP contribution in [0.1, 0.15) is 11.1 Å². The summed E-state index contributed by atoms with van der Waals surface area (Å²) in [6.45, 7) is 5.97. The van der Waals surface area contributed by atoms with Gasteiger partial charge in [-0.25, -0.2) is 19.3 Å². The maximum atomic E-state index is 12.8. The SMILES string of the molecule is C=CCn1c(=O)c2cnc(Nc3ccc(CO)c(C)c3)nc2n1-c1ccccn1. The molecular formula is C21H20N6O2. The zero-order valence-corrected chi connectivity index (χ0v) is 15.9. The number of fused-ring (bicyclic) bond motifs is 1. The number of pyridine rings is 1. The molecule has 29 heavy (non-hydrogen) atoms. The summed E-state index contributed by atoms with van der Waals surface area (Å²) in [5, 5.41) is 12.9. The van der Waals surface area contributed by atoms with Gasteiger partial charge in [-0.1, -0.05) is 18.2 Å². The van der Waals surface area contributed by atoms with Crippen LogP contribution in [-0.2, 0) is 13.2 Å². The van der Waals surface area contributed by atoms with Crippen molar-refractivity contribution in [1.29, 1.82) is 0 Å². The van der Waals surface area contributed by atoms with Gasteiger partial charge in [-0.2, -0.15) is 4.98 Å². The Bertz CT molecular complexity index is 1240. The standard InChI is InChI=1S/C21H20N6O2/c1-3-10-26-20(29)17-12-23-21(24-16-8-7-15(13-28)14(2)11-16)25-19(17)27(26)18-6-4-5-9-22-18/h3-9,11-12,28H,1,10,13H2,2H3,(H,23,24,25). The second-order valence-electron chi connectivity index (χ2n) is 6.53. The fraction of sp³-hybridized carbons (Fsp3) is 0.143. The van der Waals surface area contributed by atoms with E-state index in [1.165, 1.54) is 10.9 Å². The van der Waals surface area contributed by atoms with Crippen LogP contribution in [-0.4, -0.2) is 29.4 Å². The third kappa shape index (κ3) is 3.41. The summed E-state index contributed by atoms with van der Waals surface area (Å²) in [4.78, 5) is 26.1. The van der Waals surface area contributed by atoms with Crippen molar-refractivity contribution in [2.45, 2.75) is 20.1 Å². The van der Waals surface area contributed by atoms with Crippen LogP contribution in [0.15, 0.2) is 66.2 Å². The number of aryl methyl sites for hydroxylation is 1. The number of benzene rings is 1. The second kappa shape index (κ2) is 7.69. The van der Waals surface area contributed by atoms with E-state index in [-0.39, 0.29) is 12.2 Å². The van der Waals surface area contributed by atoms with E-state index in [0.717, 1.165) is 16.8 Å². The minimum absolute atomic E-state index is 0.0122. The third-order valence-corrected chi connectivity index (χ3v) is 4.61. The van der Waals surface area contributed by atoms with E-state index in [1.54, 1.807) is 17.0 Å². The van der Waals surface area contributed by atoms with Crippen LogP contribution in [0.4, 0.5) is 11.6 Å². The molecule has 0 amide bonds. The Morgan fingerprint density at radius 3 is 2.79 bits per heavy atom. The molecule has 3 heterocycles. The monoisotopic (exact) mass is 388 g/mol. The minimum atomic E-state index is -0.208. The zero-order chi connectivity index (χ0) is 20.4. The number of allylic oxidation sites excluding steroid dienone is 1. The Labute approximate surface area is 166 Å². The van der Waals surface area contributed by atoms with E-state index in [1.807, 2.05) is 43.3 Å². The van der Waals surface area contributed by atoms with Gasteiger partial charge in [0.2, 0.25) is 5.95 Å². The van der Waals surface area contributed by atoms with E-state index in [9.17, 15) is 9.90 Å². The van der Waals surface area contributed by atoms with Crippen LogP contribution in [0.3, 0.4) is 0 Å². The van der Waals surface area contributed by atoms with Crippen LogP contribution >= 0.6 is 0 Å². The van der Waals surface area contributed by atoms with E-state index < -0.39 is 0 Å². The first kappa shape index (κ1) is 18.6. The summed E-state index contributed by atoms with van der Waals surface area (Å²) in [5.74, 6) is 0.934. The molecule has 1 aromatic carbocycles. The van der Waals surface area contributed by atoms with Crippen LogP contribution in [0, 0.1) is 6.92 Å².